The molecule has 1 aliphatic rings. The number of nitrogens with one attached hydrogen (secondary N) is 1. The summed E-state index contributed by atoms with van der Waals surface area (Å²) in [5, 5.41) is 14.8. The summed E-state index contributed by atoms with van der Waals surface area (Å²) in [6.45, 7) is 7.29. The zero-order chi connectivity index (χ0) is 22.7. The summed E-state index contributed by atoms with van der Waals surface area (Å²) in [5.41, 5.74) is 2.70. The lowest BCUT2D eigenvalue weighted by Gasteiger charge is -2.24. The molecule has 168 valence electrons. The molecule has 1 fully saturated rings. The molecule has 8 nitrogen and oxygen atoms in total. The standard InChI is InChI=1S/C22H26N6O2S2/c1-4-27-19(17-6-5-11-28(17)20(30)16-9-7-14(2)8-10-16)25-26-22(27)32-13-18(29)24-21-23-15(3)12-31-21/h7-10,12,17H,4-6,11,13H2,1-3H3,(H,23,24,29). The molecule has 0 bridgehead atoms. The SMILES string of the molecule is CCn1c(SCC(=O)Nc2nc(C)cs2)nnc1C1CCCN1C(=O)c1ccc(C)cc1. The number of hydrogen-bond acceptors (Lipinski definition) is 7. The highest BCUT2D eigenvalue weighted by molar-refractivity contribution is 7.99. The van der Waals surface area contributed by atoms with E-state index >= 15 is 0 Å². The van der Waals surface area contributed by atoms with Gasteiger partial charge in [-0.2, -0.15) is 0 Å². The Morgan fingerprint density at radius 1 is 1.22 bits per heavy atom. The summed E-state index contributed by atoms with van der Waals surface area (Å²) in [6, 6.07) is 7.56. The maximum absolute atomic E-state index is 13.1. The number of nitrogens with zero attached hydrogens (tertiary/aromatic N) is 5. The molecule has 2 aromatic heterocycles. The lowest BCUT2D eigenvalue weighted by molar-refractivity contribution is -0.113. The minimum atomic E-state index is -0.131. The van der Waals surface area contributed by atoms with Crippen molar-refractivity contribution in [3.05, 3.63) is 52.3 Å². The number of amides is 2. The maximum atomic E-state index is 13.1. The predicted molar refractivity (Wildman–Crippen MR) is 126 cm³/mol. The Labute approximate surface area is 195 Å². The van der Waals surface area contributed by atoms with E-state index in [0.717, 1.165) is 29.9 Å². The third kappa shape index (κ3) is 4.86. The molecular weight excluding hydrogens is 444 g/mol. The van der Waals surface area contributed by atoms with Gasteiger partial charge in [-0.05, 0) is 45.7 Å². The van der Waals surface area contributed by atoms with Gasteiger partial charge in [0, 0.05) is 24.0 Å². The van der Waals surface area contributed by atoms with Gasteiger partial charge in [0.25, 0.3) is 5.91 Å². The molecule has 0 spiro atoms. The summed E-state index contributed by atoms with van der Waals surface area (Å²) >= 11 is 2.75. The van der Waals surface area contributed by atoms with Crippen LogP contribution in [0.5, 0.6) is 0 Å². The summed E-state index contributed by atoms with van der Waals surface area (Å²) < 4.78 is 2.01. The van der Waals surface area contributed by atoms with Crippen LogP contribution in [0.1, 0.15) is 53.2 Å². The number of aromatic nitrogens is 4. The highest BCUT2D eigenvalue weighted by Gasteiger charge is 2.34. The van der Waals surface area contributed by atoms with Crippen LogP contribution in [0.4, 0.5) is 5.13 Å². The second-order valence-corrected chi connectivity index (χ2v) is 9.54. The van der Waals surface area contributed by atoms with Crippen molar-refractivity contribution >= 4 is 40.0 Å². The molecule has 0 aliphatic carbocycles. The van der Waals surface area contributed by atoms with Crippen molar-refractivity contribution in [3.8, 4) is 0 Å². The summed E-state index contributed by atoms with van der Waals surface area (Å²) in [7, 11) is 0. The van der Waals surface area contributed by atoms with Crippen molar-refractivity contribution in [1.29, 1.82) is 0 Å². The van der Waals surface area contributed by atoms with Crippen molar-refractivity contribution in [3.63, 3.8) is 0 Å². The fourth-order valence-corrected chi connectivity index (χ4v) is 5.30. The number of anilines is 1. The molecule has 0 radical (unpaired) electrons. The van der Waals surface area contributed by atoms with Gasteiger partial charge in [-0.15, -0.1) is 21.5 Å². The third-order valence-corrected chi connectivity index (χ3v) is 7.21. The number of carbonyl (C=O) groups is 2. The first kappa shape index (κ1) is 22.5. The van der Waals surface area contributed by atoms with Crippen LogP contribution in [0, 0.1) is 13.8 Å². The number of likely N-dealkylation sites (tertiary alicyclic amines) is 1. The predicted octanol–water partition coefficient (Wildman–Crippen LogP) is 4.08. The molecule has 2 amide bonds. The summed E-state index contributed by atoms with van der Waals surface area (Å²) in [4.78, 5) is 31.6. The van der Waals surface area contributed by atoms with Crippen LogP contribution in [0.25, 0.3) is 0 Å². The van der Waals surface area contributed by atoms with Crippen LogP contribution < -0.4 is 5.32 Å². The highest BCUT2D eigenvalue weighted by atomic mass is 32.2. The van der Waals surface area contributed by atoms with Gasteiger partial charge in [0.05, 0.1) is 17.5 Å². The Morgan fingerprint density at radius 3 is 2.69 bits per heavy atom. The Bertz CT molecular complexity index is 1110. The zero-order valence-electron chi connectivity index (χ0n) is 18.4. The zero-order valence-corrected chi connectivity index (χ0v) is 20.0. The van der Waals surface area contributed by atoms with Crippen molar-refractivity contribution in [1.82, 2.24) is 24.6 Å². The van der Waals surface area contributed by atoms with Gasteiger partial charge >= 0.3 is 0 Å². The van der Waals surface area contributed by atoms with Crippen LogP contribution in [0.15, 0.2) is 34.8 Å². The van der Waals surface area contributed by atoms with Gasteiger partial charge < -0.3 is 14.8 Å². The molecule has 0 saturated carbocycles. The van der Waals surface area contributed by atoms with Crippen LogP contribution in [-0.4, -0.2) is 48.8 Å². The Balaban J connectivity index is 1.46. The summed E-state index contributed by atoms with van der Waals surface area (Å²) in [6.07, 6.45) is 1.78. The molecule has 1 atom stereocenters. The van der Waals surface area contributed by atoms with E-state index in [-0.39, 0.29) is 23.6 Å². The maximum Gasteiger partial charge on any atom is 0.254 e. The monoisotopic (exact) mass is 470 g/mol. The number of benzene rings is 1. The number of thioether (sulfide) groups is 1. The van der Waals surface area contributed by atoms with Gasteiger partial charge in [0.15, 0.2) is 16.1 Å². The molecule has 1 aliphatic heterocycles. The molecule has 1 unspecified atom stereocenters. The molecule has 32 heavy (non-hydrogen) atoms. The van der Waals surface area contributed by atoms with E-state index in [0.29, 0.717) is 28.9 Å². The number of carbonyl (C=O) groups excluding carboxylic acids is 2. The molecule has 1 saturated heterocycles. The van der Waals surface area contributed by atoms with E-state index < -0.39 is 0 Å². The Morgan fingerprint density at radius 2 is 2.00 bits per heavy atom. The normalized spacial score (nSPS) is 15.8. The molecule has 1 aromatic carbocycles. The van der Waals surface area contributed by atoms with Crippen molar-refractivity contribution in [2.75, 3.05) is 17.6 Å². The molecular formula is C22H26N6O2S2. The second-order valence-electron chi connectivity index (χ2n) is 7.74. The van der Waals surface area contributed by atoms with Crippen LogP contribution in [-0.2, 0) is 11.3 Å². The van der Waals surface area contributed by atoms with E-state index in [1.807, 2.05) is 59.9 Å². The molecule has 1 N–H and O–H groups in total. The molecule has 3 heterocycles. The number of rotatable bonds is 7. The van der Waals surface area contributed by atoms with Gasteiger partial charge in [-0.25, -0.2) is 4.98 Å². The third-order valence-electron chi connectivity index (χ3n) is 5.37. The number of aryl methyl sites for hydroxylation is 2. The topological polar surface area (TPSA) is 93.0 Å². The number of thiazole rings is 1. The second kappa shape index (κ2) is 9.83. The van der Waals surface area contributed by atoms with E-state index in [9.17, 15) is 9.59 Å². The van der Waals surface area contributed by atoms with E-state index in [1.165, 1.54) is 23.1 Å². The van der Waals surface area contributed by atoms with Crippen molar-refractivity contribution in [2.24, 2.45) is 0 Å². The smallest absolute Gasteiger partial charge is 0.254 e. The fraction of sp³-hybridized carbons (Fsp3) is 0.409. The van der Waals surface area contributed by atoms with Crippen LogP contribution in [0.2, 0.25) is 0 Å². The van der Waals surface area contributed by atoms with Gasteiger partial charge in [0.2, 0.25) is 5.91 Å². The van der Waals surface area contributed by atoms with Crippen molar-refractivity contribution < 1.29 is 9.59 Å². The minimum absolute atomic E-state index is 0.0190. The average molecular weight is 471 g/mol. The van der Waals surface area contributed by atoms with Gasteiger partial charge in [-0.1, -0.05) is 29.5 Å². The molecule has 4 rings (SSSR count). The van der Waals surface area contributed by atoms with Crippen LogP contribution in [0.3, 0.4) is 0 Å². The Kier molecular flexibility index (Phi) is 6.90. The molecule has 10 heteroatoms. The molecule has 3 aromatic rings. The van der Waals surface area contributed by atoms with Crippen LogP contribution >= 0.6 is 23.1 Å². The lowest BCUT2D eigenvalue weighted by Crippen LogP contribution is -2.32. The lowest BCUT2D eigenvalue weighted by atomic mass is 10.1. The van der Waals surface area contributed by atoms with E-state index in [4.69, 9.17) is 0 Å². The average Bonchev–Trinajstić information content (AvgIpc) is 3.51. The first-order chi connectivity index (χ1) is 15.5. The first-order valence-electron chi connectivity index (χ1n) is 10.6. The number of hydrogen-bond donors (Lipinski definition) is 1. The Hall–Kier alpha value is -2.72. The summed E-state index contributed by atoms with van der Waals surface area (Å²) in [5.74, 6) is 0.885. The first-order valence-corrected chi connectivity index (χ1v) is 12.5. The van der Waals surface area contributed by atoms with E-state index in [2.05, 4.69) is 20.5 Å². The largest absolute Gasteiger partial charge is 0.328 e. The van der Waals surface area contributed by atoms with E-state index in [1.54, 1.807) is 0 Å². The van der Waals surface area contributed by atoms with Gasteiger partial charge in [-0.3, -0.25) is 9.59 Å². The van der Waals surface area contributed by atoms with Crippen molar-refractivity contribution in [2.45, 2.75) is 51.4 Å². The quantitative estimate of drug-likeness (QED) is 0.523. The van der Waals surface area contributed by atoms with Gasteiger partial charge in [0.1, 0.15) is 0 Å². The highest BCUT2D eigenvalue weighted by Crippen LogP contribution is 2.34. The minimum Gasteiger partial charge on any atom is -0.328 e. The fourth-order valence-electron chi connectivity index (χ4n) is 3.79.